The van der Waals surface area contributed by atoms with E-state index < -0.39 is 0 Å². The van der Waals surface area contributed by atoms with E-state index in [0.29, 0.717) is 13.1 Å². The van der Waals surface area contributed by atoms with E-state index in [0.717, 1.165) is 23.7 Å². The van der Waals surface area contributed by atoms with Crippen LogP contribution in [0.5, 0.6) is 5.75 Å². The lowest BCUT2D eigenvalue weighted by atomic mass is 10.1. The van der Waals surface area contributed by atoms with E-state index in [1.807, 2.05) is 0 Å². The Kier molecular flexibility index (Phi) is 10.7. The van der Waals surface area contributed by atoms with Crippen LogP contribution in [0.2, 0.25) is 0 Å². The molecule has 22 heavy (non-hydrogen) atoms. The zero-order chi connectivity index (χ0) is 15.7. The van der Waals surface area contributed by atoms with E-state index >= 15 is 0 Å². The normalized spacial score (nSPS) is 12.1. The molecule has 5 heteroatoms. The number of aliphatic imine (C=N–C) groups is 1. The topological polar surface area (TPSA) is 45.7 Å². The number of halogens is 1. The summed E-state index contributed by atoms with van der Waals surface area (Å²) >= 11 is 0. The van der Waals surface area contributed by atoms with Gasteiger partial charge in [0, 0.05) is 25.7 Å². The van der Waals surface area contributed by atoms with Crippen LogP contribution < -0.4 is 15.4 Å². The molecule has 0 radical (unpaired) electrons. The summed E-state index contributed by atoms with van der Waals surface area (Å²) in [6.45, 7) is 11.3. The van der Waals surface area contributed by atoms with Crippen LogP contribution in [-0.4, -0.2) is 25.7 Å². The van der Waals surface area contributed by atoms with Crippen molar-refractivity contribution in [3.05, 3.63) is 42.0 Å². The molecule has 0 aliphatic carbocycles. The van der Waals surface area contributed by atoms with Crippen molar-refractivity contribution in [1.29, 1.82) is 0 Å². The van der Waals surface area contributed by atoms with Gasteiger partial charge in [0.05, 0.1) is 6.10 Å². The van der Waals surface area contributed by atoms with Gasteiger partial charge in [0.25, 0.3) is 0 Å². The van der Waals surface area contributed by atoms with Crippen LogP contribution in [0.25, 0.3) is 0 Å². The maximum absolute atomic E-state index is 6.01. The molecule has 0 saturated carbocycles. The number of nitrogens with one attached hydrogen (secondary N) is 2. The second-order valence-electron chi connectivity index (χ2n) is 5.04. The second kappa shape index (κ2) is 11.3. The van der Waals surface area contributed by atoms with Gasteiger partial charge >= 0.3 is 0 Å². The van der Waals surface area contributed by atoms with Crippen molar-refractivity contribution in [3.8, 4) is 5.75 Å². The highest BCUT2D eigenvalue weighted by Gasteiger charge is 2.08. The molecular formula is C17H28IN3O. The van der Waals surface area contributed by atoms with E-state index in [9.17, 15) is 0 Å². The van der Waals surface area contributed by atoms with Crippen molar-refractivity contribution in [2.24, 2.45) is 4.99 Å². The van der Waals surface area contributed by atoms with Crippen LogP contribution in [0.15, 0.2) is 35.8 Å². The first kappa shape index (κ1) is 20.8. The minimum atomic E-state index is 0. The minimum Gasteiger partial charge on any atom is -0.490 e. The van der Waals surface area contributed by atoms with Crippen molar-refractivity contribution in [2.45, 2.75) is 39.8 Å². The van der Waals surface area contributed by atoms with E-state index in [1.54, 1.807) is 13.1 Å². The summed E-state index contributed by atoms with van der Waals surface area (Å²) in [5, 5.41) is 6.43. The number of ether oxygens (including phenoxy) is 1. The first-order chi connectivity index (χ1) is 10.1. The van der Waals surface area contributed by atoms with Crippen LogP contribution in [-0.2, 0) is 6.54 Å². The Morgan fingerprint density at radius 3 is 2.73 bits per heavy atom. The molecule has 1 rings (SSSR count). The maximum Gasteiger partial charge on any atom is 0.191 e. The molecule has 0 aliphatic heterocycles. The molecule has 0 amide bonds. The van der Waals surface area contributed by atoms with E-state index in [4.69, 9.17) is 4.74 Å². The highest BCUT2D eigenvalue weighted by Crippen LogP contribution is 2.22. The first-order valence-corrected chi connectivity index (χ1v) is 7.42. The van der Waals surface area contributed by atoms with Gasteiger partial charge in [-0.1, -0.05) is 25.1 Å². The number of aryl methyl sites for hydroxylation is 1. The Labute approximate surface area is 151 Å². The van der Waals surface area contributed by atoms with Crippen molar-refractivity contribution in [2.75, 3.05) is 13.6 Å². The highest BCUT2D eigenvalue weighted by atomic mass is 127. The van der Waals surface area contributed by atoms with Crippen LogP contribution in [0, 0.1) is 6.92 Å². The molecule has 0 spiro atoms. The van der Waals surface area contributed by atoms with E-state index in [-0.39, 0.29) is 30.1 Å². The summed E-state index contributed by atoms with van der Waals surface area (Å²) in [4.78, 5) is 4.17. The van der Waals surface area contributed by atoms with Gasteiger partial charge in [-0.2, -0.15) is 0 Å². The molecule has 0 aromatic heterocycles. The van der Waals surface area contributed by atoms with Crippen molar-refractivity contribution >= 4 is 29.9 Å². The lowest BCUT2D eigenvalue weighted by Crippen LogP contribution is -2.36. The third kappa shape index (κ3) is 7.15. The van der Waals surface area contributed by atoms with Crippen LogP contribution in [0.3, 0.4) is 0 Å². The Hall–Kier alpha value is -1.24. The third-order valence-electron chi connectivity index (χ3n) is 3.21. The van der Waals surface area contributed by atoms with E-state index in [1.165, 1.54) is 5.56 Å². The van der Waals surface area contributed by atoms with Crippen molar-refractivity contribution < 1.29 is 4.74 Å². The highest BCUT2D eigenvalue weighted by molar-refractivity contribution is 14.0. The molecule has 2 N–H and O–H groups in total. The lowest BCUT2D eigenvalue weighted by molar-refractivity contribution is 0.215. The van der Waals surface area contributed by atoms with Gasteiger partial charge in [0.15, 0.2) is 5.96 Å². The average molecular weight is 417 g/mol. The predicted octanol–water partition coefficient (Wildman–Crippen LogP) is 3.64. The number of rotatable bonds is 7. The zero-order valence-corrected chi connectivity index (χ0v) is 16.3. The SMILES string of the molecule is C=CCNC(=NC)NCc1ccc(C)cc1OC(C)CC.I. The number of guanidine groups is 1. The Balaban J connectivity index is 0.00000441. The van der Waals surface area contributed by atoms with Gasteiger partial charge in [-0.25, -0.2) is 0 Å². The fourth-order valence-corrected chi connectivity index (χ4v) is 1.79. The number of hydrogen-bond acceptors (Lipinski definition) is 2. The zero-order valence-electron chi connectivity index (χ0n) is 14.0. The Morgan fingerprint density at radius 1 is 1.41 bits per heavy atom. The number of benzene rings is 1. The van der Waals surface area contributed by atoms with Crippen molar-refractivity contribution in [1.82, 2.24) is 10.6 Å². The fourth-order valence-electron chi connectivity index (χ4n) is 1.79. The molecule has 1 atom stereocenters. The molecule has 0 saturated heterocycles. The largest absolute Gasteiger partial charge is 0.490 e. The van der Waals surface area contributed by atoms with Crippen LogP contribution in [0.1, 0.15) is 31.4 Å². The van der Waals surface area contributed by atoms with Crippen molar-refractivity contribution in [3.63, 3.8) is 0 Å². The molecule has 0 fully saturated rings. The summed E-state index contributed by atoms with van der Waals surface area (Å²) in [5.41, 5.74) is 2.33. The maximum atomic E-state index is 6.01. The molecule has 4 nitrogen and oxygen atoms in total. The molecular weight excluding hydrogens is 389 g/mol. The minimum absolute atomic E-state index is 0. The summed E-state index contributed by atoms with van der Waals surface area (Å²) in [6.07, 6.45) is 3.00. The van der Waals surface area contributed by atoms with Gasteiger partial charge in [0.1, 0.15) is 5.75 Å². The third-order valence-corrected chi connectivity index (χ3v) is 3.21. The summed E-state index contributed by atoms with van der Waals surface area (Å²) in [6, 6.07) is 6.28. The van der Waals surface area contributed by atoms with Gasteiger partial charge in [0.2, 0.25) is 0 Å². The monoisotopic (exact) mass is 417 g/mol. The average Bonchev–Trinajstić information content (AvgIpc) is 2.49. The molecule has 0 aliphatic rings. The Bertz CT molecular complexity index is 489. The summed E-state index contributed by atoms with van der Waals surface area (Å²) in [5.74, 6) is 1.70. The second-order valence-corrected chi connectivity index (χ2v) is 5.04. The smallest absolute Gasteiger partial charge is 0.191 e. The summed E-state index contributed by atoms with van der Waals surface area (Å²) < 4.78 is 6.01. The quantitative estimate of drug-likeness (QED) is 0.308. The lowest BCUT2D eigenvalue weighted by Gasteiger charge is -2.18. The van der Waals surface area contributed by atoms with Gasteiger partial charge in [-0.15, -0.1) is 30.6 Å². The van der Waals surface area contributed by atoms with Crippen LogP contribution in [0.4, 0.5) is 0 Å². The van der Waals surface area contributed by atoms with Gasteiger partial charge in [-0.3, -0.25) is 4.99 Å². The molecule has 124 valence electrons. The van der Waals surface area contributed by atoms with Gasteiger partial charge in [-0.05, 0) is 31.9 Å². The van der Waals surface area contributed by atoms with Gasteiger partial charge < -0.3 is 15.4 Å². The summed E-state index contributed by atoms with van der Waals surface area (Å²) in [7, 11) is 1.75. The first-order valence-electron chi connectivity index (χ1n) is 7.42. The Morgan fingerprint density at radius 2 is 2.14 bits per heavy atom. The standard InChI is InChI=1S/C17H27N3O.HI/c1-6-10-19-17(18-5)20-12-15-9-8-13(3)11-16(15)21-14(4)7-2;/h6,8-9,11,14H,1,7,10,12H2,2-5H3,(H2,18,19,20);1H. The number of nitrogens with zero attached hydrogens (tertiary/aromatic N) is 1. The molecule has 1 unspecified atom stereocenters. The fraction of sp³-hybridized carbons (Fsp3) is 0.471. The molecule has 1 aromatic carbocycles. The predicted molar refractivity (Wildman–Crippen MR) is 105 cm³/mol. The van der Waals surface area contributed by atoms with Crippen LogP contribution >= 0.6 is 24.0 Å². The molecule has 1 aromatic rings. The molecule has 0 heterocycles. The molecule has 0 bridgehead atoms. The number of hydrogen-bond donors (Lipinski definition) is 2. The van der Waals surface area contributed by atoms with E-state index in [2.05, 4.69) is 61.2 Å².